The topological polar surface area (TPSA) is 90.9 Å². The molecule has 1 aliphatic heterocycles. The van der Waals surface area contributed by atoms with Crippen molar-refractivity contribution >= 4 is 34.7 Å². The fourth-order valence-electron chi connectivity index (χ4n) is 2.99. The molecule has 0 bridgehead atoms. The lowest BCUT2D eigenvalue weighted by atomic mass is 10.2. The number of halogens is 2. The summed E-state index contributed by atoms with van der Waals surface area (Å²) in [7, 11) is 1.24. The maximum atomic E-state index is 13.5. The van der Waals surface area contributed by atoms with Crippen molar-refractivity contribution < 1.29 is 28.2 Å². The lowest BCUT2D eigenvalue weighted by Gasteiger charge is -2.27. The van der Waals surface area contributed by atoms with Crippen LogP contribution in [0.5, 0.6) is 5.88 Å². The molecular formula is C19H21ClFN3O5. The van der Waals surface area contributed by atoms with Gasteiger partial charge in [0, 0.05) is 12.5 Å². The Balaban J connectivity index is 1.82. The molecule has 0 unspecified atom stereocenters. The molecule has 10 heteroatoms. The second-order valence-electron chi connectivity index (χ2n) is 7.60. The van der Waals surface area contributed by atoms with Crippen molar-refractivity contribution in [3.63, 3.8) is 0 Å². The summed E-state index contributed by atoms with van der Waals surface area (Å²) in [6, 6.07) is 3.06. The predicted molar refractivity (Wildman–Crippen MR) is 102 cm³/mol. The molecule has 2 heterocycles. The van der Waals surface area contributed by atoms with Gasteiger partial charge in [-0.3, -0.25) is 4.90 Å². The molecule has 1 fully saturated rings. The van der Waals surface area contributed by atoms with E-state index in [1.165, 1.54) is 30.2 Å². The van der Waals surface area contributed by atoms with Gasteiger partial charge < -0.3 is 14.2 Å². The molecule has 29 heavy (non-hydrogen) atoms. The summed E-state index contributed by atoms with van der Waals surface area (Å²) >= 11 is 6.14. The quantitative estimate of drug-likeness (QED) is 0.696. The van der Waals surface area contributed by atoms with Crippen LogP contribution in [0.25, 0.3) is 11.0 Å². The average Bonchev–Trinajstić information content (AvgIpc) is 3.05. The Morgan fingerprint density at radius 3 is 2.62 bits per heavy atom. The molecule has 2 atom stereocenters. The number of nitrogens with zero attached hydrogens (tertiary/aromatic N) is 3. The molecule has 2 aromatic rings. The highest BCUT2D eigenvalue weighted by Crippen LogP contribution is 2.29. The van der Waals surface area contributed by atoms with E-state index < -0.39 is 35.6 Å². The molecule has 1 aliphatic rings. The lowest BCUT2D eigenvalue weighted by Crippen LogP contribution is -2.44. The monoisotopic (exact) mass is 425 g/mol. The molecule has 8 nitrogen and oxygen atoms in total. The minimum atomic E-state index is -0.871. The van der Waals surface area contributed by atoms with Crippen LogP contribution >= 0.6 is 11.6 Å². The standard InChI is InChI=1S/C19H21ClFN3O5/c1-19(2,3)29-18(26)24-9-11(8-14(24)17(25)27-4)28-16-15(20)22-12-6-5-10(21)7-13(12)23-16/h5-7,11,14H,8-9H2,1-4H3/t11-,14+/m1/s1. The third-order valence-electron chi connectivity index (χ3n) is 4.20. The lowest BCUT2D eigenvalue weighted by molar-refractivity contribution is -0.145. The summed E-state index contributed by atoms with van der Waals surface area (Å²) in [6.07, 6.45) is -1.10. The van der Waals surface area contributed by atoms with E-state index in [0.29, 0.717) is 5.52 Å². The van der Waals surface area contributed by atoms with E-state index in [9.17, 15) is 14.0 Å². The zero-order chi connectivity index (χ0) is 21.3. The average molecular weight is 426 g/mol. The van der Waals surface area contributed by atoms with Crippen molar-refractivity contribution in [1.29, 1.82) is 0 Å². The van der Waals surface area contributed by atoms with Crippen molar-refractivity contribution in [1.82, 2.24) is 14.9 Å². The Bertz CT molecular complexity index is 949. The van der Waals surface area contributed by atoms with Gasteiger partial charge in [-0.15, -0.1) is 0 Å². The first-order chi connectivity index (χ1) is 13.6. The zero-order valence-electron chi connectivity index (χ0n) is 16.4. The highest BCUT2D eigenvalue weighted by Gasteiger charge is 2.43. The minimum Gasteiger partial charge on any atom is -0.470 e. The smallest absolute Gasteiger partial charge is 0.411 e. The number of carbonyl (C=O) groups excluding carboxylic acids is 2. The zero-order valence-corrected chi connectivity index (χ0v) is 17.2. The Labute approximate surface area is 171 Å². The Hall–Kier alpha value is -2.68. The van der Waals surface area contributed by atoms with E-state index in [2.05, 4.69) is 9.97 Å². The van der Waals surface area contributed by atoms with Gasteiger partial charge in [0.05, 0.1) is 24.7 Å². The van der Waals surface area contributed by atoms with Crippen LogP contribution in [-0.2, 0) is 14.3 Å². The van der Waals surface area contributed by atoms with Gasteiger partial charge in [0.1, 0.15) is 23.6 Å². The molecule has 1 amide bonds. The van der Waals surface area contributed by atoms with Crippen molar-refractivity contribution in [2.24, 2.45) is 0 Å². The first-order valence-corrected chi connectivity index (χ1v) is 9.32. The highest BCUT2D eigenvalue weighted by molar-refractivity contribution is 6.31. The second-order valence-corrected chi connectivity index (χ2v) is 7.96. The predicted octanol–water partition coefficient (Wildman–Crippen LogP) is 3.35. The summed E-state index contributed by atoms with van der Waals surface area (Å²) in [5, 5.41) is -0.00514. The van der Waals surface area contributed by atoms with Crippen LogP contribution in [0.4, 0.5) is 9.18 Å². The fourth-order valence-corrected chi connectivity index (χ4v) is 3.17. The fraction of sp³-hybridized carbons (Fsp3) is 0.474. The summed E-state index contributed by atoms with van der Waals surface area (Å²) in [6.45, 7) is 5.25. The summed E-state index contributed by atoms with van der Waals surface area (Å²) in [5.41, 5.74) is -0.0395. The van der Waals surface area contributed by atoms with Gasteiger partial charge in [0.15, 0.2) is 5.15 Å². The number of carbonyl (C=O) groups is 2. The van der Waals surface area contributed by atoms with Crippen LogP contribution in [0.2, 0.25) is 5.15 Å². The molecule has 1 saturated heterocycles. The van der Waals surface area contributed by atoms with Gasteiger partial charge in [0.25, 0.3) is 5.88 Å². The van der Waals surface area contributed by atoms with Crippen LogP contribution in [-0.4, -0.2) is 58.3 Å². The Kier molecular flexibility index (Phi) is 5.79. The maximum Gasteiger partial charge on any atom is 0.411 e. The van der Waals surface area contributed by atoms with E-state index in [-0.39, 0.29) is 29.5 Å². The van der Waals surface area contributed by atoms with Gasteiger partial charge >= 0.3 is 12.1 Å². The molecule has 1 aromatic heterocycles. The second kappa shape index (κ2) is 7.98. The van der Waals surface area contributed by atoms with Crippen molar-refractivity contribution in [2.75, 3.05) is 13.7 Å². The summed E-state index contributed by atoms with van der Waals surface area (Å²) in [4.78, 5) is 34.3. The molecule has 0 N–H and O–H groups in total. The molecule has 1 aromatic carbocycles. The number of hydrogen-bond acceptors (Lipinski definition) is 7. The molecule has 0 spiro atoms. The third kappa shape index (κ3) is 4.84. The first kappa shape index (κ1) is 21.0. The van der Waals surface area contributed by atoms with Gasteiger partial charge in [-0.05, 0) is 32.9 Å². The van der Waals surface area contributed by atoms with Gasteiger partial charge in [-0.1, -0.05) is 11.6 Å². The van der Waals surface area contributed by atoms with Crippen LogP contribution in [0, 0.1) is 5.82 Å². The number of methoxy groups -OCH3 is 1. The van der Waals surface area contributed by atoms with E-state index >= 15 is 0 Å². The molecule has 3 rings (SSSR count). The molecule has 156 valence electrons. The Morgan fingerprint density at radius 1 is 1.24 bits per heavy atom. The number of aromatic nitrogens is 2. The van der Waals surface area contributed by atoms with Gasteiger partial charge in [-0.2, -0.15) is 0 Å². The number of hydrogen-bond donors (Lipinski definition) is 0. The number of ether oxygens (including phenoxy) is 3. The molecular weight excluding hydrogens is 405 g/mol. The van der Waals surface area contributed by atoms with Crippen LogP contribution in [0.15, 0.2) is 18.2 Å². The first-order valence-electron chi connectivity index (χ1n) is 8.94. The van der Waals surface area contributed by atoms with E-state index in [1.807, 2.05) is 0 Å². The van der Waals surface area contributed by atoms with E-state index in [0.717, 1.165) is 0 Å². The molecule has 0 radical (unpaired) electrons. The van der Waals surface area contributed by atoms with E-state index in [1.54, 1.807) is 20.8 Å². The summed E-state index contributed by atoms with van der Waals surface area (Å²) < 4.78 is 29.4. The van der Waals surface area contributed by atoms with Gasteiger partial charge in [0.2, 0.25) is 0 Å². The Morgan fingerprint density at radius 2 is 1.97 bits per heavy atom. The number of esters is 1. The van der Waals surface area contributed by atoms with Crippen LogP contribution in [0.3, 0.4) is 0 Å². The SMILES string of the molecule is COC(=O)[C@@H]1C[C@@H](Oc2nc3cc(F)ccc3nc2Cl)CN1C(=O)OC(C)(C)C. The third-order valence-corrected chi connectivity index (χ3v) is 4.44. The minimum absolute atomic E-state index is 0.00514. The summed E-state index contributed by atoms with van der Waals surface area (Å²) in [5.74, 6) is -1.06. The van der Waals surface area contributed by atoms with Gasteiger partial charge in [-0.25, -0.2) is 23.9 Å². The number of fused-ring (bicyclic) bond motifs is 1. The number of likely N-dealkylation sites (tertiary alicyclic amines) is 1. The normalized spacial score (nSPS) is 19.3. The van der Waals surface area contributed by atoms with Crippen LogP contribution < -0.4 is 4.74 Å². The van der Waals surface area contributed by atoms with Crippen molar-refractivity contribution in [2.45, 2.75) is 44.9 Å². The molecule has 0 aliphatic carbocycles. The number of benzene rings is 1. The maximum absolute atomic E-state index is 13.5. The van der Waals surface area contributed by atoms with Crippen LogP contribution in [0.1, 0.15) is 27.2 Å². The van der Waals surface area contributed by atoms with E-state index in [4.69, 9.17) is 25.8 Å². The number of rotatable bonds is 3. The largest absolute Gasteiger partial charge is 0.470 e. The van der Waals surface area contributed by atoms with Crippen molar-refractivity contribution in [3.8, 4) is 5.88 Å². The highest BCUT2D eigenvalue weighted by atomic mass is 35.5. The van der Waals surface area contributed by atoms with Crippen molar-refractivity contribution in [3.05, 3.63) is 29.2 Å². The molecule has 0 saturated carbocycles. The number of amides is 1.